The van der Waals surface area contributed by atoms with Gasteiger partial charge in [0.25, 0.3) is 5.56 Å². The minimum atomic E-state index is -0.325. The molecule has 0 radical (unpaired) electrons. The van der Waals surface area contributed by atoms with Gasteiger partial charge in [0.05, 0.1) is 13.2 Å². The van der Waals surface area contributed by atoms with Crippen LogP contribution in [0.15, 0.2) is 16.9 Å². The second-order valence-corrected chi connectivity index (χ2v) is 3.71. The van der Waals surface area contributed by atoms with Crippen LogP contribution in [0.25, 0.3) is 0 Å². The molecule has 1 rings (SSSR count). The Morgan fingerprint density at radius 2 is 1.95 bits per heavy atom. The third-order valence-electron chi connectivity index (χ3n) is 2.33. The first-order valence-electron chi connectivity index (χ1n) is 5.77. The molecule has 0 saturated carbocycles. The molecule has 0 spiro atoms. The average Bonchev–Trinajstić information content (AvgIpc) is 2.41. The number of methoxy groups -OCH3 is 2. The van der Waals surface area contributed by atoms with E-state index >= 15 is 0 Å². The monoisotopic (exact) mass is 270 g/mol. The van der Waals surface area contributed by atoms with E-state index in [-0.39, 0.29) is 17.4 Å². The number of hydrogen-bond donors (Lipinski definition) is 2. The summed E-state index contributed by atoms with van der Waals surface area (Å²) in [5.74, 6) is 0.282. The highest BCUT2D eigenvalue weighted by atomic mass is 16.5. The lowest BCUT2D eigenvalue weighted by atomic mass is 10.5. The minimum absolute atomic E-state index is 0.282. The van der Waals surface area contributed by atoms with E-state index in [2.05, 4.69) is 15.5 Å². The fourth-order valence-electron chi connectivity index (χ4n) is 1.32. The zero-order valence-corrected chi connectivity index (χ0v) is 11.0. The first-order valence-corrected chi connectivity index (χ1v) is 5.77. The van der Waals surface area contributed by atoms with Crippen molar-refractivity contribution in [1.29, 1.82) is 0 Å². The fraction of sp³-hybridized carbons (Fsp3) is 0.545. The number of nitrogens with one attached hydrogen (secondary N) is 2. The largest absolute Gasteiger partial charge is 0.383 e. The minimum Gasteiger partial charge on any atom is -0.383 e. The molecule has 2 amide bonds. The van der Waals surface area contributed by atoms with Crippen molar-refractivity contribution in [2.75, 3.05) is 45.8 Å². The van der Waals surface area contributed by atoms with E-state index in [1.54, 1.807) is 19.1 Å². The number of urea groups is 1. The lowest BCUT2D eigenvalue weighted by molar-refractivity contribution is 0.127. The van der Waals surface area contributed by atoms with Gasteiger partial charge in [-0.1, -0.05) is 0 Å². The maximum atomic E-state index is 12.0. The van der Waals surface area contributed by atoms with Crippen molar-refractivity contribution in [3.8, 4) is 0 Å². The summed E-state index contributed by atoms with van der Waals surface area (Å²) in [5.41, 5.74) is -0.325. The SMILES string of the molecule is COCCN(CCOC)C(=O)Nc1ccc(=O)[nH]n1. The Kier molecular flexibility index (Phi) is 6.55. The highest BCUT2D eigenvalue weighted by Crippen LogP contribution is 2.00. The first-order chi connectivity index (χ1) is 9.17. The summed E-state index contributed by atoms with van der Waals surface area (Å²) < 4.78 is 9.89. The quantitative estimate of drug-likeness (QED) is 0.721. The summed E-state index contributed by atoms with van der Waals surface area (Å²) in [6, 6.07) is 2.40. The molecular formula is C11H18N4O4. The zero-order valence-electron chi connectivity index (χ0n) is 11.0. The molecule has 1 heterocycles. The molecule has 106 valence electrons. The molecule has 19 heavy (non-hydrogen) atoms. The van der Waals surface area contributed by atoms with Crippen LogP contribution in [0.2, 0.25) is 0 Å². The van der Waals surface area contributed by atoms with E-state index in [9.17, 15) is 9.59 Å². The molecule has 0 fully saturated rings. The molecule has 0 aromatic carbocycles. The molecule has 0 aliphatic rings. The van der Waals surface area contributed by atoms with Crippen molar-refractivity contribution in [3.63, 3.8) is 0 Å². The van der Waals surface area contributed by atoms with Crippen LogP contribution in [0.4, 0.5) is 10.6 Å². The number of anilines is 1. The molecular weight excluding hydrogens is 252 g/mol. The smallest absolute Gasteiger partial charge is 0.323 e. The number of rotatable bonds is 7. The number of amides is 2. The number of carbonyl (C=O) groups is 1. The molecule has 0 saturated heterocycles. The Morgan fingerprint density at radius 1 is 1.32 bits per heavy atom. The molecule has 0 aliphatic heterocycles. The maximum Gasteiger partial charge on any atom is 0.323 e. The summed E-state index contributed by atoms with van der Waals surface area (Å²) in [4.78, 5) is 24.4. The number of nitrogens with zero attached hydrogens (tertiary/aromatic N) is 2. The fourth-order valence-corrected chi connectivity index (χ4v) is 1.32. The van der Waals surface area contributed by atoms with Crippen LogP contribution in [0.5, 0.6) is 0 Å². The van der Waals surface area contributed by atoms with E-state index in [1.807, 2.05) is 0 Å². The molecule has 1 aromatic heterocycles. The van der Waals surface area contributed by atoms with Gasteiger partial charge in [-0.05, 0) is 6.07 Å². The lowest BCUT2D eigenvalue weighted by Gasteiger charge is -2.21. The number of ether oxygens (including phenoxy) is 2. The third kappa shape index (κ3) is 5.49. The number of carbonyl (C=O) groups excluding carboxylic acids is 1. The van der Waals surface area contributed by atoms with Crippen molar-refractivity contribution in [2.45, 2.75) is 0 Å². The van der Waals surface area contributed by atoms with Gasteiger partial charge in [0.15, 0.2) is 5.82 Å². The highest BCUT2D eigenvalue weighted by Gasteiger charge is 2.13. The molecule has 0 unspecified atom stereocenters. The van der Waals surface area contributed by atoms with Gasteiger partial charge in [-0.25, -0.2) is 9.89 Å². The third-order valence-corrected chi connectivity index (χ3v) is 2.33. The van der Waals surface area contributed by atoms with E-state index in [0.29, 0.717) is 26.3 Å². The molecule has 0 atom stereocenters. The van der Waals surface area contributed by atoms with Crippen LogP contribution in [0, 0.1) is 0 Å². The Balaban J connectivity index is 2.59. The summed E-state index contributed by atoms with van der Waals surface area (Å²) in [6.07, 6.45) is 0. The number of aromatic amines is 1. The summed E-state index contributed by atoms with van der Waals surface area (Å²) >= 11 is 0. The van der Waals surface area contributed by atoms with Crippen LogP contribution in [0.1, 0.15) is 0 Å². The molecule has 0 aliphatic carbocycles. The van der Waals surface area contributed by atoms with Crippen molar-refractivity contribution < 1.29 is 14.3 Å². The van der Waals surface area contributed by atoms with Crippen LogP contribution in [-0.2, 0) is 9.47 Å². The van der Waals surface area contributed by atoms with Gasteiger partial charge < -0.3 is 14.4 Å². The molecule has 8 nitrogen and oxygen atoms in total. The average molecular weight is 270 g/mol. The van der Waals surface area contributed by atoms with Crippen LogP contribution < -0.4 is 10.9 Å². The first kappa shape index (κ1) is 15.1. The molecule has 0 bridgehead atoms. The predicted molar refractivity (Wildman–Crippen MR) is 69.2 cm³/mol. The van der Waals surface area contributed by atoms with E-state index in [1.165, 1.54) is 12.1 Å². The van der Waals surface area contributed by atoms with Crippen molar-refractivity contribution in [3.05, 3.63) is 22.5 Å². The Morgan fingerprint density at radius 3 is 2.42 bits per heavy atom. The normalized spacial score (nSPS) is 10.2. The second kappa shape index (κ2) is 8.22. The maximum absolute atomic E-state index is 12.0. The highest BCUT2D eigenvalue weighted by molar-refractivity contribution is 5.88. The summed E-state index contributed by atoms with van der Waals surface area (Å²) in [6.45, 7) is 1.73. The van der Waals surface area contributed by atoms with E-state index in [4.69, 9.17) is 9.47 Å². The topological polar surface area (TPSA) is 96.5 Å². The molecule has 1 aromatic rings. The lowest BCUT2D eigenvalue weighted by Crippen LogP contribution is -2.39. The van der Waals surface area contributed by atoms with Gasteiger partial charge in [0.1, 0.15) is 0 Å². The van der Waals surface area contributed by atoms with Crippen LogP contribution in [-0.4, -0.2) is 61.7 Å². The number of aromatic nitrogens is 2. The van der Waals surface area contributed by atoms with Gasteiger partial charge in [0.2, 0.25) is 0 Å². The molecule has 8 heteroatoms. The summed E-state index contributed by atoms with van der Waals surface area (Å²) in [7, 11) is 3.13. The Labute approximate surface area is 110 Å². The van der Waals surface area contributed by atoms with Crippen molar-refractivity contribution in [1.82, 2.24) is 15.1 Å². The van der Waals surface area contributed by atoms with Crippen LogP contribution in [0.3, 0.4) is 0 Å². The van der Waals surface area contributed by atoms with Gasteiger partial charge in [-0.3, -0.25) is 10.1 Å². The number of hydrogen-bond acceptors (Lipinski definition) is 5. The van der Waals surface area contributed by atoms with Gasteiger partial charge >= 0.3 is 6.03 Å². The standard InChI is InChI=1S/C11H18N4O4/c1-18-7-5-15(6-8-19-2)11(17)12-9-3-4-10(16)14-13-9/h3-4H,5-8H2,1-2H3,(H,14,16)(H,12,13,17). The summed E-state index contributed by atoms with van der Waals surface area (Å²) in [5, 5.41) is 8.53. The van der Waals surface area contributed by atoms with E-state index in [0.717, 1.165) is 0 Å². The van der Waals surface area contributed by atoms with Crippen molar-refractivity contribution >= 4 is 11.8 Å². The van der Waals surface area contributed by atoms with Gasteiger partial charge in [-0.2, -0.15) is 5.10 Å². The number of H-pyrrole nitrogens is 1. The Hall–Kier alpha value is -1.93. The van der Waals surface area contributed by atoms with Crippen molar-refractivity contribution in [2.24, 2.45) is 0 Å². The molecule has 2 N–H and O–H groups in total. The van der Waals surface area contributed by atoms with Gasteiger partial charge in [0, 0.05) is 33.4 Å². The van der Waals surface area contributed by atoms with E-state index < -0.39 is 0 Å². The van der Waals surface area contributed by atoms with Gasteiger partial charge in [-0.15, -0.1) is 0 Å². The Bertz CT molecular complexity index is 420. The predicted octanol–water partition coefficient (Wildman–Crippen LogP) is -0.103. The van der Waals surface area contributed by atoms with Crippen LogP contribution >= 0.6 is 0 Å². The zero-order chi connectivity index (χ0) is 14.1. The second-order valence-electron chi connectivity index (χ2n) is 3.71.